The number of ether oxygens (including phenoxy) is 1. The summed E-state index contributed by atoms with van der Waals surface area (Å²) in [6.07, 6.45) is 1.63. The third-order valence-electron chi connectivity index (χ3n) is 2.44. The molecule has 0 radical (unpaired) electrons. The number of benzene rings is 1. The molecular formula is C11H13BrFN3O. The first-order valence-electron chi connectivity index (χ1n) is 5.20. The van der Waals surface area contributed by atoms with E-state index in [9.17, 15) is 4.39 Å². The van der Waals surface area contributed by atoms with Gasteiger partial charge in [-0.25, -0.2) is 4.39 Å². The summed E-state index contributed by atoms with van der Waals surface area (Å²) in [7, 11) is 1.64. The lowest BCUT2D eigenvalue weighted by atomic mass is 10.3. The van der Waals surface area contributed by atoms with Gasteiger partial charge in [0.15, 0.2) is 0 Å². The van der Waals surface area contributed by atoms with Crippen molar-refractivity contribution in [2.45, 2.75) is 0 Å². The predicted molar refractivity (Wildman–Crippen MR) is 68.5 cm³/mol. The monoisotopic (exact) mass is 301 g/mol. The van der Waals surface area contributed by atoms with E-state index in [4.69, 9.17) is 4.74 Å². The molecule has 17 heavy (non-hydrogen) atoms. The second-order valence-electron chi connectivity index (χ2n) is 3.66. The predicted octanol–water partition coefficient (Wildman–Crippen LogP) is 2.26. The zero-order valence-electron chi connectivity index (χ0n) is 9.44. The van der Waals surface area contributed by atoms with Crippen molar-refractivity contribution in [3.05, 3.63) is 28.5 Å². The largest absolute Gasteiger partial charge is 0.383 e. The third-order valence-corrected chi connectivity index (χ3v) is 2.94. The number of hydrogen-bond donors (Lipinski definition) is 0. The van der Waals surface area contributed by atoms with E-state index >= 15 is 0 Å². The van der Waals surface area contributed by atoms with Crippen LogP contribution in [0.2, 0.25) is 0 Å². The summed E-state index contributed by atoms with van der Waals surface area (Å²) < 4.78 is 19.4. The molecule has 0 fully saturated rings. The van der Waals surface area contributed by atoms with Crippen LogP contribution in [0.25, 0.3) is 0 Å². The molecule has 1 aliphatic rings. The van der Waals surface area contributed by atoms with E-state index in [-0.39, 0.29) is 5.82 Å². The van der Waals surface area contributed by atoms with Crippen molar-refractivity contribution in [1.29, 1.82) is 0 Å². The number of rotatable bonds is 4. The summed E-state index contributed by atoms with van der Waals surface area (Å²) in [6.45, 7) is 1.84. The average Bonchev–Trinajstić information content (AvgIpc) is 2.75. The fourth-order valence-corrected chi connectivity index (χ4v) is 1.90. The highest BCUT2D eigenvalue weighted by molar-refractivity contribution is 9.10. The molecule has 2 rings (SSSR count). The quantitative estimate of drug-likeness (QED) is 0.854. The molecule has 1 aromatic rings. The van der Waals surface area contributed by atoms with Gasteiger partial charge in [-0.1, -0.05) is 15.9 Å². The Morgan fingerprint density at radius 1 is 1.53 bits per heavy atom. The summed E-state index contributed by atoms with van der Waals surface area (Å²) in [4.78, 5) is 1.76. The summed E-state index contributed by atoms with van der Waals surface area (Å²) in [5, 5.41) is 5.99. The van der Waals surface area contributed by atoms with Gasteiger partial charge in [-0.2, -0.15) is 5.10 Å². The van der Waals surface area contributed by atoms with Gasteiger partial charge < -0.3 is 9.64 Å². The molecular weight excluding hydrogens is 289 g/mol. The number of hydrogen-bond acceptors (Lipinski definition) is 4. The molecule has 4 nitrogen and oxygen atoms in total. The SMILES string of the molecule is COCCN1CN(c2ccc(Br)cc2F)C=N1. The lowest BCUT2D eigenvalue weighted by molar-refractivity contribution is 0.156. The first-order chi connectivity index (χ1) is 8.20. The number of halogens is 2. The van der Waals surface area contributed by atoms with Crippen LogP contribution >= 0.6 is 15.9 Å². The molecule has 0 N–H and O–H groups in total. The van der Waals surface area contributed by atoms with Gasteiger partial charge in [0.2, 0.25) is 0 Å². The van der Waals surface area contributed by atoms with E-state index in [0.717, 1.165) is 4.47 Å². The molecule has 0 spiro atoms. The Morgan fingerprint density at radius 2 is 2.35 bits per heavy atom. The minimum Gasteiger partial charge on any atom is -0.383 e. The highest BCUT2D eigenvalue weighted by Crippen LogP contribution is 2.24. The maximum absolute atomic E-state index is 13.7. The van der Waals surface area contributed by atoms with Gasteiger partial charge in [-0.05, 0) is 18.2 Å². The summed E-state index contributed by atoms with van der Waals surface area (Å²) in [6, 6.07) is 4.98. The van der Waals surface area contributed by atoms with Crippen LogP contribution < -0.4 is 4.90 Å². The Labute approximate surface area is 108 Å². The fraction of sp³-hybridized carbons (Fsp3) is 0.364. The molecule has 0 unspecified atom stereocenters. The van der Waals surface area contributed by atoms with E-state index in [1.54, 1.807) is 24.4 Å². The Morgan fingerprint density at radius 3 is 3.06 bits per heavy atom. The van der Waals surface area contributed by atoms with Crippen molar-refractivity contribution in [3.63, 3.8) is 0 Å². The van der Waals surface area contributed by atoms with Crippen molar-refractivity contribution in [2.24, 2.45) is 5.10 Å². The molecule has 1 aromatic carbocycles. The van der Waals surface area contributed by atoms with Crippen molar-refractivity contribution >= 4 is 28.0 Å². The fourth-order valence-electron chi connectivity index (χ4n) is 1.56. The van der Waals surface area contributed by atoms with E-state index in [1.165, 1.54) is 6.07 Å². The van der Waals surface area contributed by atoms with Crippen LogP contribution in [-0.4, -0.2) is 38.3 Å². The second kappa shape index (κ2) is 5.46. The maximum Gasteiger partial charge on any atom is 0.148 e. The van der Waals surface area contributed by atoms with E-state index in [0.29, 0.717) is 25.5 Å². The van der Waals surface area contributed by atoms with Crippen molar-refractivity contribution < 1.29 is 9.13 Å². The normalized spacial score (nSPS) is 14.8. The summed E-state index contributed by atoms with van der Waals surface area (Å²) in [5.41, 5.74) is 0.525. The smallest absolute Gasteiger partial charge is 0.148 e. The second-order valence-corrected chi connectivity index (χ2v) is 4.58. The zero-order valence-corrected chi connectivity index (χ0v) is 11.0. The Balaban J connectivity index is 2.03. The standard InChI is InChI=1S/C11H13BrFN3O/c1-17-5-4-16-8-15(7-14-16)11-3-2-9(12)6-10(11)13/h2-3,6-7H,4-5,8H2,1H3. The number of nitrogens with zero attached hydrogens (tertiary/aromatic N) is 3. The van der Waals surface area contributed by atoms with Crippen LogP contribution in [0.15, 0.2) is 27.8 Å². The van der Waals surface area contributed by atoms with Crippen LogP contribution in [0, 0.1) is 5.82 Å². The lowest BCUT2D eigenvalue weighted by Gasteiger charge is -2.19. The molecule has 0 bridgehead atoms. The molecule has 0 amide bonds. The topological polar surface area (TPSA) is 28.1 Å². The van der Waals surface area contributed by atoms with Gasteiger partial charge in [0.1, 0.15) is 18.8 Å². The average molecular weight is 302 g/mol. The zero-order chi connectivity index (χ0) is 12.3. The van der Waals surface area contributed by atoms with Crippen LogP contribution in [0.1, 0.15) is 0 Å². The van der Waals surface area contributed by atoms with Crippen molar-refractivity contribution in [1.82, 2.24) is 5.01 Å². The molecule has 0 saturated carbocycles. The van der Waals surface area contributed by atoms with Gasteiger partial charge in [-0.15, -0.1) is 0 Å². The minimum atomic E-state index is -0.264. The first-order valence-corrected chi connectivity index (χ1v) is 5.99. The Kier molecular flexibility index (Phi) is 3.96. The van der Waals surface area contributed by atoms with Crippen LogP contribution in [-0.2, 0) is 4.74 Å². The minimum absolute atomic E-state index is 0.264. The summed E-state index contributed by atoms with van der Waals surface area (Å²) >= 11 is 3.23. The van der Waals surface area contributed by atoms with Gasteiger partial charge in [-0.3, -0.25) is 5.01 Å². The van der Waals surface area contributed by atoms with E-state index in [1.807, 2.05) is 11.1 Å². The highest BCUT2D eigenvalue weighted by atomic mass is 79.9. The first kappa shape index (κ1) is 12.3. The van der Waals surface area contributed by atoms with Gasteiger partial charge >= 0.3 is 0 Å². The molecule has 6 heteroatoms. The molecule has 92 valence electrons. The lowest BCUT2D eigenvalue weighted by Crippen LogP contribution is -2.29. The number of hydrazone groups is 1. The van der Waals surface area contributed by atoms with Crippen molar-refractivity contribution in [2.75, 3.05) is 31.8 Å². The highest BCUT2D eigenvalue weighted by Gasteiger charge is 2.17. The molecule has 1 heterocycles. The summed E-state index contributed by atoms with van der Waals surface area (Å²) in [5.74, 6) is -0.264. The van der Waals surface area contributed by atoms with E-state index < -0.39 is 0 Å². The van der Waals surface area contributed by atoms with Crippen LogP contribution in [0.3, 0.4) is 0 Å². The molecule has 0 atom stereocenters. The van der Waals surface area contributed by atoms with Crippen molar-refractivity contribution in [3.8, 4) is 0 Å². The van der Waals surface area contributed by atoms with Crippen LogP contribution in [0.5, 0.6) is 0 Å². The molecule has 0 saturated heterocycles. The number of anilines is 1. The van der Waals surface area contributed by atoms with Gasteiger partial charge in [0.05, 0.1) is 18.8 Å². The maximum atomic E-state index is 13.7. The third kappa shape index (κ3) is 2.95. The molecule has 0 aliphatic carbocycles. The Bertz CT molecular complexity index is 427. The van der Waals surface area contributed by atoms with Gasteiger partial charge in [0, 0.05) is 11.6 Å². The molecule has 0 aromatic heterocycles. The van der Waals surface area contributed by atoms with Crippen LogP contribution in [0.4, 0.5) is 10.1 Å². The van der Waals surface area contributed by atoms with E-state index in [2.05, 4.69) is 21.0 Å². The van der Waals surface area contributed by atoms with Gasteiger partial charge in [0.25, 0.3) is 0 Å². The number of methoxy groups -OCH3 is 1. The Hall–Kier alpha value is -1.14. The molecule has 1 aliphatic heterocycles.